The first kappa shape index (κ1) is 99.1. The largest absolute Gasteiger partial charge is 0.534 e. The van der Waals surface area contributed by atoms with Gasteiger partial charge >= 0.3 is 28.3 Å². The predicted octanol–water partition coefficient (Wildman–Crippen LogP) is 25.0. The SMILES string of the molecule is CC1(C)OB(B2OC(C)(C)C(C)(C)O2)OC1(C)C.CC1(C)OB(c2nc(-c3ccccc3)nc(-c3ccccc3)n2)OC1(C)C.CC1(C)OB(c2nc(-c3ccccc3)nc(-c3ccccc3)n2)OC1(C)C.Clc1nc(-c2ccccc2)nc(-c2ccccc2)n1.Clc1nc2cccnc2c2c1sc1ccccc12.c1ccc(-c2nc(-c3ccccc3)nc(-c3nc4cccnc4c4c3sc3ccccc34)n2)cc1. The molecule has 0 N–H and O–H groups in total. The number of hydrogen-bond donors (Lipinski definition) is 0. The summed E-state index contributed by atoms with van der Waals surface area (Å²) in [4.78, 5) is 74.1. The van der Waals surface area contributed by atoms with Crippen molar-refractivity contribution >= 4 is 148 Å². The van der Waals surface area contributed by atoms with Crippen molar-refractivity contribution in [3.63, 3.8) is 0 Å². The van der Waals surface area contributed by atoms with Crippen LogP contribution in [-0.2, 0) is 37.2 Å². The molecule has 24 nitrogen and oxygen atoms in total. The standard InChI is InChI=1S/C29H17N5S.2C21H22BN3O2.C15H10ClN3.C14H7ClN2S.C12H24B2O4/c1-3-10-18(11-4-1)27-32-28(19-12-5-2-6-13-19)34-29(33-27)25-26-23(20-14-7-8-16-22(20)35-26)24-21(31-25)15-9-17-30-24;2*1-20(2)21(3,4)27-22(26-20)19-24-17(15-11-7-5-8-12-15)23-18(25-19)16-13-9-6-10-14-16;16-15-18-13(11-7-3-1-4-8-11)17-14(19-15)12-9-5-2-6-10-12;15-14-13-11(8-4-1-2-6-10(8)18-13)12-9(17-14)5-3-7-16-12;1-9(2)10(3,4)16-13(15-9)14-17-11(5,6)12(7,8)18-14/h1-17H;2*5-14H,1-4H3;1-10H;1-7H;1-8H3. The van der Waals surface area contributed by atoms with E-state index in [0.29, 0.717) is 69.0 Å². The van der Waals surface area contributed by atoms with E-state index >= 15 is 0 Å². The lowest BCUT2D eigenvalue weighted by Crippen LogP contribution is -2.41. The van der Waals surface area contributed by atoms with Crippen molar-refractivity contribution in [2.45, 2.75) is 156 Å². The van der Waals surface area contributed by atoms with Gasteiger partial charge in [0.2, 0.25) is 5.28 Å². The highest BCUT2D eigenvalue weighted by molar-refractivity contribution is 7.27. The number of benzene rings is 10. The number of hydrogen-bond acceptors (Lipinski definition) is 26. The molecule has 0 aliphatic carbocycles. The molecule has 716 valence electrons. The minimum atomic E-state index is -0.636. The Hall–Kier alpha value is -13.7. The Morgan fingerprint density at radius 2 is 0.465 bits per heavy atom. The molecule has 4 aliphatic heterocycles. The molecule has 14 heterocycles. The number of fused-ring (bicyclic) bond motifs is 10. The Morgan fingerprint density at radius 3 is 0.764 bits per heavy atom. The van der Waals surface area contributed by atoms with Gasteiger partial charge in [0.25, 0.3) is 0 Å². The van der Waals surface area contributed by atoms with E-state index in [2.05, 4.69) is 96.2 Å². The first-order valence-corrected chi connectivity index (χ1v) is 49.8. The molecule has 0 atom stereocenters. The average molecular weight is 1980 g/mol. The van der Waals surface area contributed by atoms with Gasteiger partial charge in [0.1, 0.15) is 10.8 Å². The summed E-state index contributed by atoms with van der Waals surface area (Å²) >= 11 is 15.6. The Balaban J connectivity index is 0.000000111. The molecular weight excluding hydrogens is 1880 g/mol. The second-order valence-electron chi connectivity index (χ2n) is 38.8. The van der Waals surface area contributed by atoms with Gasteiger partial charge in [0.05, 0.1) is 76.3 Å². The van der Waals surface area contributed by atoms with E-state index < -0.39 is 50.7 Å². The molecule has 4 aliphatic rings. The first-order chi connectivity index (χ1) is 69.1. The summed E-state index contributed by atoms with van der Waals surface area (Å²) in [5.74, 6) is 5.39. The molecule has 0 saturated carbocycles. The van der Waals surface area contributed by atoms with Crippen LogP contribution in [0.25, 0.3) is 165 Å². The number of nitrogens with zero attached hydrogens (tertiary/aromatic N) is 16. The molecule has 24 rings (SSSR count). The molecular formula is C112H102B4Cl2N16O8S2. The van der Waals surface area contributed by atoms with Gasteiger partial charge in [-0.15, -0.1) is 22.7 Å². The van der Waals surface area contributed by atoms with Crippen molar-refractivity contribution in [2.24, 2.45) is 0 Å². The lowest BCUT2D eigenvalue weighted by molar-refractivity contribution is 0.00578. The normalized spacial score (nSPS) is 16.3. The van der Waals surface area contributed by atoms with Crippen LogP contribution in [0.3, 0.4) is 0 Å². The third kappa shape index (κ3) is 21.1. The molecule has 0 unspecified atom stereocenters. The summed E-state index contributed by atoms with van der Waals surface area (Å²) in [6.07, 6.45) is 3.61. The van der Waals surface area contributed by atoms with Crippen LogP contribution in [0.2, 0.25) is 10.4 Å². The predicted molar refractivity (Wildman–Crippen MR) is 580 cm³/mol. The van der Waals surface area contributed by atoms with Crippen molar-refractivity contribution in [3.05, 3.63) is 338 Å². The molecule has 32 heteroatoms. The highest BCUT2D eigenvalue weighted by atomic mass is 35.5. The third-order valence-electron chi connectivity index (χ3n) is 26.8. The van der Waals surface area contributed by atoms with Crippen molar-refractivity contribution in [1.29, 1.82) is 0 Å². The monoisotopic (exact) mass is 1980 g/mol. The van der Waals surface area contributed by atoms with Crippen molar-refractivity contribution in [1.82, 2.24) is 79.7 Å². The summed E-state index contributed by atoms with van der Waals surface area (Å²) in [5, 5.41) is 5.34. The number of aromatic nitrogens is 16. The maximum absolute atomic E-state index is 6.28. The second-order valence-corrected chi connectivity index (χ2v) is 41.6. The number of thiophene rings is 2. The zero-order valence-corrected chi connectivity index (χ0v) is 85.6. The highest BCUT2D eigenvalue weighted by Gasteiger charge is 2.64. The summed E-state index contributed by atoms with van der Waals surface area (Å²) in [6.45, 7) is 32.4. The van der Waals surface area contributed by atoms with Gasteiger partial charge in [-0.3, -0.25) is 9.97 Å². The van der Waals surface area contributed by atoms with Crippen LogP contribution < -0.4 is 11.4 Å². The first-order valence-electron chi connectivity index (χ1n) is 47.4. The Morgan fingerprint density at radius 1 is 0.229 bits per heavy atom. The van der Waals surface area contributed by atoms with E-state index in [9.17, 15) is 0 Å². The number of pyridine rings is 4. The fraction of sp³-hybridized carbons (Fsp3) is 0.214. The fourth-order valence-electron chi connectivity index (χ4n) is 16.2. The van der Waals surface area contributed by atoms with E-state index in [4.69, 9.17) is 80.4 Å². The van der Waals surface area contributed by atoms with Crippen LogP contribution in [0.4, 0.5) is 0 Å². The number of halogens is 2. The van der Waals surface area contributed by atoms with Crippen LogP contribution >= 0.6 is 45.9 Å². The van der Waals surface area contributed by atoms with Crippen molar-refractivity contribution in [2.75, 3.05) is 0 Å². The van der Waals surface area contributed by atoms with E-state index in [0.717, 1.165) is 92.4 Å². The van der Waals surface area contributed by atoms with Crippen LogP contribution in [0, 0.1) is 0 Å². The van der Waals surface area contributed by atoms with Gasteiger partial charge in [-0.05, 0) is 159 Å². The molecule has 10 aromatic heterocycles. The topological polar surface area (TPSA) is 280 Å². The summed E-state index contributed by atoms with van der Waals surface area (Å²) < 4.78 is 52.9. The van der Waals surface area contributed by atoms with E-state index in [1.807, 2.05) is 396 Å². The Kier molecular flexibility index (Phi) is 28.1. The molecule has 0 bridgehead atoms. The minimum Gasteiger partial charge on any atom is -0.405 e. The van der Waals surface area contributed by atoms with Gasteiger partial charge in [0, 0.05) is 87.8 Å². The van der Waals surface area contributed by atoms with Gasteiger partial charge in [0.15, 0.2) is 63.9 Å². The maximum atomic E-state index is 6.28. The van der Waals surface area contributed by atoms with Crippen LogP contribution in [-0.4, -0.2) is 153 Å². The fourth-order valence-corrected chi connectivity index (χ4v) is 18.9. The van der Waals surface area contributed by atoms with Crippen molar-refractivity contribution < 1.29 is 37.2 Å². The minimum absolute atomic E-state index is 0.202. The smallest absolute Gasteiger partial charge is 0.405 e. The zero-order valence-electron chi connectivity index (χ0n) is 82.5. The summed E-state index contributed by atoms with van der Waals surface area (Å²) in [6, 6.07) is 103. The Labute approximate surface area is 855 Å². The van der Waals surface area contributed by atoms with Crippen molar-refractivity contribution in [3.8, 4) is 103 Å². The van der Waals surface area contributed by atoms with E-state index in [-0.39, 0.29) is 27.7 Å². The highest BCUT2D eigenvalue weighted by Crippen LogP contribution is 2.47. The van der Waals surface area contributed by atoms with Gasteiger partial charge in [-0.2, -0.15) is 9.97 Å². The second kappa shape index (κ2) is 40.8. The summed E-state index contributed by atoms with van der Waals surface area (Å²) in [5.41, 5.74) is 9.36. The molecule has 4 saturated heterocycles. The van der Waals surface area contributed by atoms with Crippen LogP contribution in [0.15, 0.2) is 328 Å². The molecule has 144 heavy (non-hydrogen) atoms. The molecule has 0 spiro atoms. The lowest BCUT2D eigenvalue weighted by atomic mass is 9.49. The maximum Gasteiger partial charge on any atom is 0.534 e. The molecule has 4 fully saturated rings. The van der Waals surface area contributed by atoms with Crippen LogP contribution in [0.1, 0.15) is 111 Å². The van der Waals surface area contributed by atoms with Crippen LogP contribution in [0.5, 0.6) is 0 Å². The third-order valence-corrected chi connectivity index (χ3v) is 29.7. The number of rotatable bonds is 12. The molecule has 0 radical (unpaired) electrons. The van der Waals surface area contributed by atoms with Gasteiger partial charge < -0.3 is 37.2 Å². The Bertz CT molecular complexity index is 7530. The summed E-state index contributed by atoms with van der Waals surface area (Å²) in [7, 11) is -2.22. The zero-order chi connectivity index (χ0) is 101. The van der Waals surface area contributed by atoms with Gasteiger partial charge in [-0.1, -0.05) is 291 Å². The van der Waals surface area contributed by atoms with E-state index in [1.165, 1.54) is 20.2 Å². The average Bonchev–Trinajstić information content (AvgIpc) is 1.68. The lowest BCUT2D eigenvalue weighted by Gasteiger charge is -2.32. The quantitative estimate of drug-likeness (QED) is 0.0811. The molecule has 0 amide bonds. The van der Waals surface area contributed by atoms with E-state index in [1.54, 1.807) is 28.9 Å². The molecule has 20 aromatic rings. The van der Waals surface area contributed by atoms with Gasteiger partial charge in [-0.25, -0.2) is 59.8 Å². The molecule has 10 aromatic carbocycles.